The van der Waals surface area contributed by atoms with E-state index < -0.39 is 21.1 Å². The highest BCUT2D eigenvalue weighted by molar-refractivity contribution is 6.76. The van der Waals surface area contributed by atoms with E-state index in [1.54, 1.807) is 39.6 Å². The second-order valence-corrected chi connectivity index (χ2v) is 30.2. The van der Waals surface area contributed by atoms with Gasteiger partial charge in [-0.1, -0.05) is 87.8 Å². The predicted molar refractivity (Wildman–Crippen MR) is 269 cm³/mol. The van der Waals surface area contributed by atoms with Crippen molar-refractivity contribution in [3.8, 4) is 22.3 Å². The van der Waals surface area contributed by atoms with E-state index in [9.17, 15) is 19.7 Å². The van der Waals surface area contributed by atoms with Gasteiger partial charge in [0.2, 0.25) is 0 Å². The van der Waals surface area contributed by atoms with Crippen molar-refractivity contribution in [1.82, 2.24) is 28.7 Å². The van der Waals surface area contributed by atoms with Crippen LogP contribution in [-0.4, -0.2) is 63.0 Å². The number of nitrogens with zero attached hydrogens (tertiary/aromatic N) is 7. The first-order valence-electron chi connectivity index (χ1n) is 22.0. The molecule has 4 heterocycles. The molecule has 0 spiro atoms. The van der Waals surface area contributed by atoms with E-state index in [2.05, 4.69) is 67.7 Å². The lowest BCUT2D eigenvalue weighted by atomic mass is 10.1. The third-order valence-electron chi connectivity index (χ3n) is 11.1. The molecule has 4 aromatic carbocycles. The zero-order chi connectivity index (χ0) is 47.0. The highest BCUT2D eigenvalue weighted by Crippen LogP contribution is 2.26. The summed E-state index contributed by atoms with van der Waals surface area (Å²) < 4.78 is 18.8. The number of pyridine rings is 2. The fourth-order valence-corrected chi connectivity index (χ4v) is 8.78. The van der Waals surface area contributed by atoms with Crippen LogP contribution in [0.2, 0.25) is 51.4 Å². The van der Waals surface area contributed by atoms with Crippen LogP contribution in [0.1, 0.15) is 11.1 Å². The van der Waals surface area contributed by atoms with Gasteiger partial charge in [-0.05, 0) is 81.9 Å². The number of fused-ring (bicyclic) bond motifs is 2. The number of ether oxygens (including phenoxy) is 2. The number of rotatable bonds is 17. The van der Waals surface area contributed by atoms with Crippen LogP contribution in [0.25, 0.3) is 44.1 Å². The smallest absolute Gasteiger partial charge is 0.269 e. The Morgan fingerprint density at radius 1 is 0.591 bits per heavy atom. The molecule has 8 aromatic rings. The topological polar surface area (TPSA) is 167 Å². The van der Waals surface area contributed by atoms with Crippen molar-refractivity contribution >= 4 is 49.3 Å². The molecule has 0 unspecified atom stereocenters. The van der Waals surface area contributed by atoms with Crippen LogP contribution in [0.4, 0.5) is 11.4 Å². The number of anilines is 1. The summed E-state index contributed by atoms with van der Waals surface area (Å²) in [7, 11) is -2.27. The molecule has 0 atom stereocenters. The van der Waals surface area contributed by atoms with Gasteiger partial charge in [0.25, 0.3) is 16.8 Å². The quantitative estimate of drug-likeness (QED) is 0.0307. The fraction of sp³-hybridized carbons (Fsp3) is 0.280. The Labute approximate surface area is 386 Å². The highest BCUT2D eigenvalue weighted by atomic mass is 28.3. The van der Waals surface area contributed by atoms with Gasteiger partial charge in [0.1, 0.15) is 13.5 Å². The molecule has 0 bridgehead atoms. The largest absolute Gasteiger partial charge is 0.399 e. The molecule has 0 fully saturated rings. The van der Waals surface area contributed by atoms with Gasteiger partial charge in [0.05, 0.1) is 41.4 Å². The summed E-state index contributed by atoms with van der Waals surface area (Å²) in [4.78, 5) is 35.5. The fourth-order valence-electron chi connectivity index (χ4n) is 7.27. The van der Waals surface area contributed by atoms with Gasteiger partial charge in [0, 0.05) is 82.5 Å². The molecule has 8 rings (SSSR count). The lowest BCUT2D eigenvalue weighted by Gasteiger charge is -2.15. The number of hydrogen-bond donors (Lipinski definition) is 1. The summed E-state index contributed by atoms with van der Waals surface area (Å²) in [6, 6.07) is 35.2. The number of non-ortho nitro benzene ring substituents is 1. The molecule has 342 valence electrons. The summed E-state index contributed by atoms with van der Waals surface area (Å²) in [6.07, 6.45) is 7.37. The van der Waals surface area contributed by atoms with Crippen molar-refractivity contribution in [2.75, 3.05) is 18.9 Å². The second kappa shape index (κ2) is 20.6. The van der Waals surface area contributed by atoms with Crippen LogP contribution >= 0.6 is 0 Å². The van der Waals surface area contributed by atoms with Crippen LogP contribution in [0, 0.1) is 10.1 Å². The van der Waals surface area contributed by atoms with E-state index in [0.29, 0.717) is 31.3 Å². The number of nitro groups is 1. The SMILES string of the molecule is C[Si](C)(C)CCOCn1ncc2ccc(-c3ccc(=O)n(Cc4cccc(N)c4)c3)cc21.C[Si](C)(C)CCOCn1ncc2ccc(-c3ccc(=O)n(Cc4cccc([N+](=O)[O-])c4)c3)cc21. The van der Waals surface area contributed by atoms with Crippen LogP contribution < -0.4 is 16.9 Å². The molecule has 0 aliphatic carbocycles. The summed E-state index contributed by atoms with van der Waals surface area (Å²) in [5.74, 6) is 0. The molecule has 0 aliphatic rings. The minimum Gasteiger partial charge on any atom is -0.399 e. The lowest BCUT2D eigenvalue weighted by molar-refractivity contribution is -0.384. The third kappa shape index (κ3) is 12.7. The summed E-state index contributed by atoms with van der Waals surface area (Å²) in [5, 5.41) is 22.1. The molecule has 0 saturated carbocycles. The van der Waals surface area contributed by atoms with Crippen LogP contribution in [0.5, 0.6) is 0 Å². The molecule has 4 aromatic heterocycles. The Bertz CT molecular complexity index is 3090. The minimum atomic E-state index is -1.15. The van der Waals surface area contributed by atoms with Gasteiger partial charge in [0.15, 0.2) is 0 Å². The summed E-state index contributed by atoms with van der Waals surface area (Å²) in [5.41, 5.74) is 13.9. The molecule has 0 radical (unpaired) electrons. The second-order valence-electron chi connectivity index (χ2n) is 19.0. The monoisotopic (exact) mass is 922 g/mol. The highest BCUT2D eigenvalue weighted by Gasteiger charge is 2.15. The van der Waals surface area contributed by atoms with Crippen molar-refractivity contribution in [2.45, 2.75) is 77.9 Å². The summed E-state index contributed by atoms with van der Waals surface area (Å²) >= 11 is 0. The molecule has 16 heteroatoms. The number of nitrogens with two attached hydrogens (primary N) is 1. The van der Waals surface area contributed by atoms with Crippen LogP contribution in [0.15, 0.2) is 144 Å². The minimum absolute atomic E-state index is 0.00693. The van der Waals surface area contributed by atoms with Crippen molar-refractivity contribution < 1.29 is 14.4 Å². The lowest BCUT2D eigenvalue weighted by Crippen LogP contribution is -2.22. The van der Waals surface area contributed by atoms with Gasteiger partial charge in [-0.2, -0.15) is 10.2 Å². The summed E-state index contributed by atoms with van der Waals surface area (Å²) in [6.45, 7) is 17.0. The van der Waals surface area contributed by atoms with Crippen molar-refractivity contribution in [3.05, 3.63) is 176 Å². The normalized spacial score (nSPS) is 11.8. The predicted octanol–water partition coefficient (Wildman–Crippen LogP) is 9.94. The Morgan fingerprint density at radius 3 is 1.50 bits per heavy atom. The third-order valence-corrected chi connectivity index (χ3v) is 14.5. The first-order valence-corrected chi connectivity index (χ1v) is 29.5. The molecule has 0 saturated heterocycles. The zero-order valence-corrected chi connectivity index (χ0v) is 40.5. The molecule has 66 heavy (non-hydrogen) atoms. The maximum absolute atomic E-state index is 12.5. The van der Waals surface area contributed by atoms with E-state index >= 15 is 0 Å². The molecule has 0 amide bonds. The Kier molecular flexibility index (Phi) is 14.8. The Balaban J connectivity index is 0.000000197. The Hall–Kier alpha value is -6.73. The number of hydrogen-bond acceptors (Lipinski definition) is 9. The first-order chi connectivity index (χ1) is 31.5. The van der Waals surface area contributed by atoms with E-state index in [4.69, 9.17) is 15.2 Å². The maximum Gasteiger partial charge on any atom is 0.269 e. The van der Waals surface area contributed by atoms with Crippen molar-refractivity contribution in [2.24, 2.45) is 0 Å². The van der Waals surface area contributed by atoms with E-state index in [1.807, 2.05) is 76.5 Å². The van der Waals surface area contributed by atoms with Crippen LogP contribution in [-0.2, 0) is 36.0 Å². The van der Waals surface area contributed by atoms with Crippen LogP contribution in [0.3, 0.4) is 0 Å². The number of aromatic nitrogens is 6. The molecule has 0 aliphatic heterocycles. The van der Waals surface area contributed by atoms with Gasteiger partial charge in [-0.15, -0.1) is 0 Å². The van der Waals surface area contributed by atoms with E-state index in [1.165, 1.54) is 18.2 Å². The number of benzene rings is 4. The number of nitrogen functional groups attached to an aromatic ring is 1. The number of nitro benzene ring substituents is 1. The van der Waals surface area contributed by atoms with Gasteiger partial charge >= 0.3 is 0 Å². The van der Waals surface area contributed by atoms with Gasteiger partial charge in [-0.25, -0.2) is 9.36 Å². The van der Waals surface area contributed by atoms with Gasteiger partial charge < -0.3 is 24.3 Å². The molecule has 2 N–H and O–H groups in total. The maximum atomic E-state index is 12.5. The van der Waals surface area contributed by atoms with Crippen molar-refractivity contribution in [3.63, 3.8) is 0 Å². The first kappa shape index (κ1) is 47.2. The molecule has 14 nitrogen and oxygen atoms in total. The average Bonchev–Trinajstić information content (AvgIpc) is 3.88. The standard InChI is InChI=1S/C25H28N4O4Si.C25H30N4O2Si/c1-34(2,3)12-11-33-18-28-24-14-20(7-8-21(24)15-26-28)22-9-10-25(30)27(17-22)16-19-5-4-6-23(13-19)29(31)32;1-32(2,3)12-11-31-18-29-24-14-20(7-8-21(24)15-27-29)22-9-10-25(30)28(17-22)16-19-5-4-6-23(26)13-19/h4-10,13-15,17H,11-12,16,18H2,1-3H3;4-10,13-15,17H,11-12,16,18,26H2,1-3H3. The molecular weight excluding hydrogens is 865 g/mol. The van der Waals surface area contributed by atoms with E-state index in [0.717, 1.165) is 74.9 Å². The average molecular weight is 923 g/mol. The zero-order valence-electron chi connectivity index (χ0n) is 38.5. The van der Waals surface area contributed by atoms with Crippen molar-refractivity contribution in [1.29, 1.82) is 0 Å². The van der Waals surface area contributed by atoms with E-state index in [-0.39, 0.29) is 23.4 Å². The molecular formula is C50H58N8O6Si2. The van der Waals surface area contributed by atoms with Gasteiger partial charge in [-0.3, -0.25) is 19.7 Å². The Morgan fingerprint density at radius 2 is 1.05 bits per heavy atom.